The predicted octanol–water partition coefficient (Wildman–Crippen LogP) is 4.04. The SMILES string of the molecule is CC1CC(C)(C)N=C(C(C)CC(C)(C)C)O1. The number of hydrogen-bond acceptors (Lipinski definition) is 2. The molecule has 0 radical (unpaired) electrons. The number of nitrogens with zero attached hydrogens (tertiary/aromatic N) is 1. The standard InChI is InChI=1S/C14H27NO/c1-10(8-13(3,4)5)12-15-14(6,7)9-11(2)16-12/h10-11H,8-9H2,1-7H3. The van der Waals surface area contributed by atoms with Crippen LogP contribution in [0.3, 0.4) is 0 Å². The third-order valence-electron chi connectivity index (χ3n) is 2.86. The van der Waals surface area contributed by atoms with E-state index >= 15 is 0 Å². The fourth-order valence-corrected chi connectivity index (χ4v) is 2.55. The lowest BCUT2D eigenvalue weighted by atomic mass is 9.84. The minimum Gasteiger partial charge on any atom is -0.478 e. The second-order valence-electron chi connectivity index (χ2n) is 7.06. The van der Waals surface area contributed by atoms with Gasteiger partial charge in [0.05, 0.1) is 11.6 Å². The number of rotatable bonds is 2. The maximum atomic E-state index is 5.88. The van der Waals surface area contributed by atoms with Gasteiger partial charge in [0.2, 0.25) is 0 Å². The van der Waals surface area contributed by atoms with Gasteiger partial charge in [0.25, 0.3) is 0 Å². The Bertz CT molecular complexity index is 273. The summed E-state index contributed by atoms with van der Waals surface area (Å²) in [6, 6.07) is 0. The Kier molecular flexibility index (Phi) is 3.71. The van der Waals surface area contributed by atoms with Crippen LogP contribution in [0, 0.1) is 11.3 Å². The second kappa shape index (κ2) is 4.38. The first-order chi connectivity index (χ1) is 7.09. The molecule has 1 rings (SSSR count). The van der Waals surface area contributed by atoms with E-state index in [1.165, 1.54) is 0 Å². The lowest BCUT2D eigenvalue weighted by Crippen LogP contribution is -2.37. The van der Waals surface area contributed by atoms with Crippen molar-refractivity contribution in [2.75, 3.05) is 0 Å². The Hall–Kier alpha value is -0.530. The van der Waals surface area contributed by atoms with Gasteiger partial charge in [-0.2, -0.15) is 0 Å². The molecule has 0 aromatic carbocycles. The molecule has 0 saturated heterocycles. The molecule has 0 spiro atoms. The van der Waals surface area contributed by atoms with E-state index in [1.54, 1.807) is 0 Å². The zero-order valence-electron chi connectivity index (χ0n) is 11.9. The van der Waals surface area contributed by atoms with Gasteiger partial charge in [0.15, 0.2) is 5.90 Å². The highest BCUT2D eigenvalue weighted by Crippen LogP contribution is 2.30. The Morgan fingerprint density at radius 1 is 1.44 bits per heavy atom. The highest BCUT2D eigenvalue weighted by molar-refractivity contribution is 5.79. The molecular weight excluding hydrogens is 198 g/mol. The third-order valence-corrected chi connectivity index (χ3v) is 2.86. The first-order valence-electron chi connectivity index (χ1n) is 6.35. The predicted molar refractivity (Wildman–Crippen MR) is 69.9 cm³/mol. The molecule has 0 N–H and O–H groups in total. The summed E-state index contributed by atoms with van der Waals surface area (Å²) in [5.41, 5.74) is 0.370. The molecule has 1 aliphatic rings. The van der Waals surface area contributed by atoms with Gasteiger partial charge in [-0.1, -0.05) is 27.7 Å². The monoisotopic (exact) mass is 225 g/mol. The molecular formula is C14H27NO. The van der Waals surface area contributed by atoms with E-state index in [4.69, 9.17) is 9.73 Å². The summed E-state index contributed by atoms with van der Waals surface area (Å²) in [5, 5.41) is 0. The van der Waals surface area contributed by atoms with Gasteiger partial charge < -0.3 is 4.74 Å². The lowest BCUT2D eigenvalue weighted by molar-refractivity contribution is 0.127. The van der Waals surface area contributed by atoms with E-state index in [0.29, 0.717) is 17.4 Å². The van der Waals surface area contributed by atoms with Crippen molar-refractivity contribution in [1.82, 2.24) is 0 Å². The molecule has 94 valence electrons. The van der Waals surface area contributed by atoms with Crippen LogP contribution < -0.4 is 0 Å². The van der Waals surface area contributed by atoms with Crippen molar-refractivity contribution in [2.24, 2.45) is 16.3 Å². The molecule has 16 heavy (non-hydrogen) atoms. The van der Waals surface area contributed by atoms with Crippen LogP contribution >= 0.6 is 0 Å². The third kappa shape index (κ3) is 4.15. The molecule has 1 heterocycles. The van der Waals surface area contributed by atoms with Crippen LogP contribution in [0.1, 0.15) is 61.3 Å². The van der Waals surface area contributed by atoms with E-state index in [9.17, 15) is 0 Å². The van der Waals surface area contributed by atoms with Crippen molar-refractivity contribution in [1.29, 1.82) is 0 Å². The molecule has 2 atom stereocenters. The van der Waals surface area contributed by atoms with Crippen LogP contribution in [0.4, 0.5) is 0 Å². The van der Waals surface area contributed by atoms with Crippen LogP contribution in [0.25, 0.3) is 0 Å². The van der Waals surface area contributed by atoms with E-state index < -0.39 is 0 Å². The summed E-state index contributed by atoms with van der Waals surface area (Å²) >= 11 is 0. The fraction of sp³-hybridized carbons (Fsp3) is 0.929. The van der Waals surface area contributed by atoms with Gasteiger partial charge in [0, 0.05) is 12.3 Å². The minimum absolute atomic E-state index is 0.0408. The first kappa shape index (κ1) is 13.5. The summed E-state index contributed by atoms with van der Waals surface area (Å²) in [5.74, 6) is 1.38. The molecule has 0 saturated carbocycles. The molecule has 2 nitrogen and oxygen atoms in total. The largest absolute Gasteiger partial charge is 0.478 e. The van der Waals surface area contributed by atoms with Gasteiger partial charge in [0.1, 0.15) is 0 Å². The second-order valence-corrected chi connectivity index (χ2v) is 7.06. The van der Waals surface area contributed by atoms with Crippen LogP contribution in [0.2, 0.25) is 0 Å². The summed E-state index contributed by atoms with van der Waals surface area (Å²) in [7, 11) is 0. The highest BCUT2D eigenvalue weighted by atomic mass is 16.5. The van der Waals surface area contributed by atoms with Crippen LogP contribution in [-0.4, -0.2) is 17.5 Å². The van der Waals surface area contributed by atoms with Gasteiger partial charge in [-0.3, -0.25) is 0 Å². The molecule has 1 aliphatic heterocycles. The minimum atomic E-state index is 0.0408. The Morgan fingerprint density at radius 3 is 2.44 bits per heavy atom. The van der Waals surface area contributed by atoms with E-state index in [2.05, 4.69) is 48.5 Å². The van der Waals surface area contributed by atoms with Crippen molar-refractivity contribution in [2.45, 2.75) is 73.0 Å². The normalized spacial score (nSPS) is 26.9. The van der Waals surface area contributed by atoms with Crippen molar-refractivity contribution in [3.05, 3.63) is 0 Å². The van der Waals surface area contributed by atoms with Crippen LogP contribution in [0.15, 0.2) is 4.99 Å². The topological polar surface area (TPSA) is 21.6 Å². The molecule has 2 heteroatoms. The van der Waals surface area contributed by atoms with Crippen molar-refractivity contribution in [3.63, 3.8) is 0 Å². The molecule has 0 aromatic heterocycles. The van der Waals surface area contributed by atoms with E-state index in [1.807, 2.05) is 0 Å². The van der Waals surface area contributed by atoms with Crippen LogP contribution in [0.5, 0.6) is 0 Å². The van der Waals surface area contributed by atoms with Crippen molar-refractivity contribution < 1.29 is 4.74 Å². The summed E-state index contributed by atoms with van der Waals surface area (Å²) < 4.78 is 5.88. The fourth-order valence-electron chi connectivity index (χ4n) is 2.55. The smallest absolute Gasteiger partial charge is 0.186 e. The van der Waals surface area contributed by atoms with Crippen LogP contribution in [-0.2, 0) is 4.74 Å². The lowest BCUT2D eigenvalue weighted by Gasteiger charge is -2.35. The van der Waals surface area contributed by atoms with E-state index in [0.717, 1.165) is 18.7 Å². The summed E-state index contributed by atoms with van der Waals surface area (Å²) in [4.78, 5) is 4.74. The highest BCUT2D eigenvalue weighted by Gasteiger charge is 2.31. The Balaban J connectivity index is 2.76. The molecule has 0 aromatic rings. The summed E-state index contributed by atoms with van der Waals surface area (Å²) in [6.07, 6.45) is 2.43. The zero-order chi connectivity index (χ0) is 12.6. The molecule has 0 fully saturated rings. The summed E-state index contributed by atoms with van der Waals surface area (Å²) in [6.45, 7) is 15.5. The van der Waals surface area contributed by atoms with E-state index in [-0.39, 0.29) is 5.54 Å². The maximum Gasteiger partial charge on any atom is 0.186 e. The number of ether oxygens (including phenoxy) is 1. The van der Waals surface area contributed by atoms with Gasteiger partial charge >= 0.3 is 0 Å². The first-order valence-corrected chi connectivity index (χ1v) is 6.35. The average Bonchev–Trinajstić information content (AvgIpc) is 1.96. The molecule has 2 unspecified atom stereocenters. The van der Waals surface area contributed by atoms with Crippen molar-refractivity contribution >= 4 is 5.90 Å². The Morgan fingerprint density at radius 2 is 2.00 bits per heavy atom. The van der Waals surface area contributed by atoms with Gasteiger partial charge in [-0.25, -0.2) is 4.99 Å². The maximum absolute atomic E-state index is 5.88. The number of hydrogen-bond donors (Lipinski definition) is 0. The van der Waals surface area contributed by atoms with Gasteiger partial charge in [-0.05, 0) is 32.6 Å². The Labute approximate surface area is 100 Å². The molecule has 0 amide bonds. The zero-order valence-corrected chi connectivity index (χ0v) is 11.9. The molecule has 0 aliphatic carbocycles. The number of aliphatic imine (C=N–C) groups is 1. The average molecular weight is 225 g/mol. The van der Waals surface area contributed by atoms with Crippen molar-refractivity contribution in [3.8, 4) is 0 Å². The van der Waals surface area contributed by atoms with Gasteiger partial charge in [-0.15, -0.1) is 0 Å². The quantitative estimate of drug-likeness (QED) is 0.695. The molecule has 0 bridgehead atoms.